The minimum atomic E-state index is -0.879. The Bertz CT molecular complexity index is 630. The molecule has 22 heavy (non-hydrogen) atoms. The maximum absolute atomic E-state index is 12.8. The molecule has 0 N–H and O–H groups in total. The fourth-order valence-corrected chi connectivity index (χ4v) is 3.58. The van der Waals surface area contributed by atoms with E-state index in [2.05, 4.69) is 0 Å². The summed E-state index contributed by atoms with van der Waals surface area (Å²) in [6.07, 6.45) is 4.09. The second-order valence-electron chi connectivity index (χ2n) is 6.21. The topological polar surface area (TPSA) is 57.7 Å². The second kappa shape index (κ2) is 5.23. The van der Waals surface area contributed by atoms with Crippen molar-refractivity contribution >= 4 is 23.5 Å². The van der Waals surface area contributed by atoms with Gasteiger partial charge in [0, 0.05) is 12.6 Å². The van der Waals surface area contributed by atoms with E-state index in [0.29, 0.717) is 18.5 Å². The van der Waals surface area contributed by atoms with Crippen molar-refractivity contribution < 1.29 is 14.4 Å². The molecule has 1 aromatic carbocycles. The van der Waals surface area contributed by atoms with Crippen molar-refractivity contribution in [2.75, 3.05) is 4.90 Å². The fourth-order valence-electron chi connectivity index (χ4n) is 3.58. The van der Waals surface area contributed by atoms with Crippen LogP contribution in [-0.4, -0.2) is 28.3 Å². The molecule has 1 aromatic rings. The lowest BCUT2D eigenvalue weighted by molar-refractivity contribution is -0.141. The zero-order chi connectivity index (χ0) is 15.9. The third-order valence-corrected chi connectivity index (χ3v) is 4.70. The van der Waals surface area contributed by atoms with E-state index >= 15 is 0 Å². The zero-order valence-electron chi connectivity index (χ0n) is 13.0. The molecule has 5 nitrogen and oxygen atoms in total. The van der Waals surface area contributed by atoms with Gasteiger partial charge in [-0.2, -0.15) is 4.90 Å². The van der Waals surface area contributed by atoms with Crippen LogP contribution < -0.4 is 4.90 Å². The van der Waals surface area contributed by atoms with E-state index < -0.39 is 17.5 Å². The van der Waals surface area contributed by atoms with Crippen molar-refractivity contribution in [3.63, 3.8) is 0 Å². The Labute approximate surface area is 129 Å². The number of hydrogen-bond acceptors (Lipinski definition) is 3. The number of anilines is 1. The quantitative estimate of drug-likeness (QED) is 0.749. The van der Waals surface area contributed by atoms with Crippen LogP contribution in [0, 0.1) is 6.92 Å². The van der Waals surface area contributed by atoms with Crippen molar-refractivity contribution in [1.29, 1.82) is 0 Å². The highest BCUT2D eigenvalue weighted by Crippen LogP contribution is 2.43. The molecule has 0 bridgehead atoms. The average molecular weight is 300 g/mol. The summed E-state index contributed by atoms with van der Waals surface area (Å²) in [5.41, 5.74) is 0.897. The summed E-state index contributed by atoms with van der Waals surface area (Å²) in [5, 5.41) is 0. The lowest BCUT2D eigenvalue weighted by Crippen LogP contribution is -2.51. The van der Waals surface area contributed by atoms with Crippen molar-refractivity contribution in [2.45, 2.75) is 51.5 Å². The Hall–Kier alpha value is -2.17. The number of imide groups is 3. The Balaban J connectivity index is 2.11. The predicted molar refractivity (Wildman–Crippen MR) is 82.4 cm³/mol. The average Bonchev–Trinajstić information content (AvgIpc) is 2.69. The van der Waals surface area contributed by atoms with Crippen LogP contribution in [-0.2, 0) is 9.59 Å². The van der Waals surface area contributed by atoms with Gasteiger partial charge in [-0.1, -0.05) is 37.0 Å². The molecule has 0 aromatic heterocycles. The van der Waals surface area contributed by atoms with E-state index in [0.717, 1.165) is 29.7 Å². The summed E-state index contributed by atoms with van der Waals surface area (Å²) in [4.78, 5) is 39.7. The molecule has 1 aliphatic heterocycles. The predicted octanol–water partition coefficient (Wildman–Crippen LogP) is 3.01. The van der Waals surface area contributed by atoms with Gasteiger partial charge in [-0.25, -0.2) is 4.79 Å². The van der Waals surface area contributed by atoms with E-state index in [1.54, 1.807) is 4.90 Å². The first-order valence-electron chi connectivity index (χ1n) is 7.73. The number of amides is 4. The van der Waals surface area contributed by atoms with Crippen LogP contribution in [0.25, 0.3) is 0 Å². The summed E-state index contributed by atoms with van der Waals surface area (Å²) in [5.74, 6) is -0.861. The van der Waals surface area contributed by atoms with Gasteiger partial charge in [0.2, 0.25) is 5.91 Å². The van der Waals surface area contributed by atoms with Crippen LogP contribution in [0.3, 0.4) is 0 Å². The molecule has 4 amide bonds. The highest BCUT2D eigenvalue weighted by Gasteiger charge is 2.59. The minimum Gasteiger partial charge on any atom is -0.278 e. The number of carbonyl (C=O) groups excluding carboxylic acids is 3. The van der Waals surface area contributed by atoms with E-state index in [1.807, 2.05) is 31.2 Å². The standard InChI is InChI=1S/C17H20N2O3/c1-12-6-8-14(9-7-12)19-16(22)18(13(2)20)15(21)17(19)10-4-3-5-11-17/h6-9H,3-5,10-11H2,1-2H3. The maximum Gasteiger partial charge on any atom is 0.339 e. The van der Waals surface area contributed by atoms with Crippen LogP contribution in [0.1, 0.15) is 44.6 Å². The normalized spacial score (nSPS) is 20.8. The van der Waals surface area contributed by atoms with Crippen LogP contribution in [0.15, 0.2) is 24.3 Å². The fraction of sp³-hybridized carbons (Fsp3) is 0.471. The van der Waals surface area contributed by atoms with Gasteiger partial charge < -0.3 is 0 Å². The van der Waals surface area contributed by atoms with Crippen LogP contribution >= 0.6 is 0 Å². The van der Waals surface area contributed by atoms with Gasteiger partial charge in [0.25, 0.3) is 5.91 Å². The minimum absolute atomic E-state index is 0.356. The molecule has 1 aliphatic carbocycles. The molecule has 1 saturated carbocycles. The summed E-state index contributed by atoms with van der Waals surface area (Å²) < 4.78 is 0. The van der Waals surface area contributed by atoms with Crippen molar-refractivity contribution in [3.05, 3.63) is 29.8 Å². The van der Waals surface area contributed by atoms with Gasteiger partial charge in [-0.15, -0.1) is 0 Å². The maximum atomic E-state index is 12.8. The van der Waals surface area contributed by atoms with Crippen molar-refractivity contribution in [3.8, 4) is 0 Å². The summed E-state index contributed by atoms with van der Waals surface area (Å²) in [6, 6.07) is 7.02. The first-order chi connectivity index (χ1) is 10.5. The zero-order valence-corrected chi connectivity index (χ0v) is 13.0. The van der Waals surface area contributed by atoms with E-state index in [-0.39, 0.29) is 5.91 Å². The first-order valence-corrected chi connectivity index (χ1v) is 7.73. The smallest absolute Gasteiger partial charge is 0.278 e. The summed E-state index contributed by atoms with van der Waals surface area (Å²) in [7, 11) is 0. The highest BCUT2D eigenvalue weighted by molar-refractivity contribution is 6.24. The summed E-state index contributed by atoms with van der Waals surface area (Å²) in [6.45, 7) is 3.24. The number of rotatable bonds is 1. The Morgan fingerprint density at radius 3 is 2.18 bits per heavy atom. The van der Waals surface area contributed by atoms with Gasteiger partial charge in [0.05, 0.1) is 0 Å². The Morgan fingerprint density at radius 2 is 1.64 bits per heavy atom. The largest absolute Gasteiger partial charge is 0.339 e. The number of carbonyl (C=O) groups is 3. The molecule has 3 rings (SSSR count). The van der Waals surface area contributed by atoms with Crippen LogP contribution in [0.2, 0.25) is 0 Å². The van der Waals surface area contributed by atoms with Crippen LogP contribution in [0.4, 0.5) is 10.5 Å². The molecular formula is C17H20N2O3. The molecule has 0 unspecified atom stereocenters. The third-order valence-electron chi connectivity index (χ3n) is 4.70. The molecule has 0 atom stereocenters. The molecule has 0 radical (unpaired) electrons. The molecular weight excluding hydrogens is 280 g/mol. The lowest BCUT2D eigenvalue weighted by atomic mass is 9.80. The molecule has 116 valence electrons. The van der Waals surface area contributed by atoms with Crippen LogP contribution in [0.5, 0.6) is 0 Å². The number of benzene rings is 1. The van der Waals surface area contributed by atoms with E-state index in [4.69, 9.17) is 0 Å². The van der Waals surface area contributed by atoms with Gasteiger partial charge in [0.1, 0.15) is 5.54 Å². The van der Waals surface area contributed by atoms with Crippen molar-refractivity contribution in [2.24, 2.45) is 0 Å². The number of aryl methyl sites for hydroxylation is 1. The van der Waals surface area contributed by atoms with Gasteiger partial charge in [0.15, 0.2) is 0 Å². The Morgan fingerprint density at radius 1 is 1.05 bits per heavy atom. The second-order valence-corrected chi connectivity index (χ2v) is 6.21. The number of urea groups is 1. The highest BCUT2D eigenvalue weighted by atomic mass is 16.2. The molecule has 5 heteroatoms. The number of hydrogen-bond donors (Lipinski definition) is 0. The summed E-state index contributed by atoms with van der Waals surface area (Å²) >= 11 is 0. The first kappa shape index (κ1) is 14.8. The Kier molecular flexibility index (Phi) is 3.51. The van der Waals surface area contributed by atoms with Gasteiger partial charge in [-0.3, -0.25) is 14.5 Å². The van der Waals surface area contributed by atoms with E-state index in [9.17, 15) is 14.4 Å². The molecule has 1 heterocycles. The SMILES string of the molecule is CC(=O)N1C(=O)N(c2ccc(C)cc2)C2(CCCCC2)C1=O. The number of nitrogens with zero attached hydrogens (tertiary/aromatic N) is 2. The van der Waals surface area contributed by atoms with Crippen molar-refractivity contribution in [1.82, 2.24) is 4.90 Å². The lowest BCUT2D eigenvalue weighted by Gasteiger charge is -2.38. The monoisotopic (exact) mass is 300 g/mol. The van der Waals surface area contributed by atoms with E-state index in [1.165, 1.54) is 6.92 Å². The van der Waals surface area contributed by atoms with Gasteiger partial charge >= 0.3 is 6.03 Å². The molecule has 1 spiro atoms. The van der Waals surface area contributed by atoms with Gasteiger partial charge in [-0.05, 0) is 31.9 Å². The third kappa shape index (κ3) is 2.03. The molecule has 2 aliphatic rings. The molecule has 1 saturated heterocycles. The molecule has 2 fully saturated rings.